The molecule has 138 valence electrons. The van der Waals surface area contributed by atoms with Crippen molar-refractivity contribution >= 4 is 34.8 Å². The molecule has 4 aliphatic carbocycles. The molecule has 6 heteroatoms. The molecular formula is C20H25N3O2S. The third kappa shape index (κ3) is 3.11. The second-order valence-electron chi connectivity index (χ2n) is 8.23. The highest BCUT2D eigenvalue weighted by Gasteiger charge is 2.54. The van der Waals surface area contributed by atoms with Gasteiger partial charge in [0, 0.05) is 7.05 Å². The van der Waals surface area contributed by atoms with Crippen molar-refractivity contribution in [3.8, 4) is 0 Å². The van der Waals surface area contributed by atoms with Crippen LogP contribution in [0.4, 0.5) is 5.69 Å². The van der Waals surface area contributed by atoms with Crippen molar-refractivity contribution in [2.24, 2.45) is 23.2 Å². The lowest BCUT2D eigenvalue weighted by molar-refractivity contribution is -0.144. The maximum atomic E-state index is 13.1. The summed E-state index contributed by atoms with van der Waals surface area (Å²) in [6.45, 7) is 0. The van der Waals surface area contributed by atoms with Gasteiger partial charge in [-0.2, -0.15) is 0 Å². The molecular weight excluding hydrogens is 346 g/mol. The molecule has 4 saturated carbocycles. The molecule has 0 spiro atoms. The third-order valence-electron chi connectivity index (χ3n) is 6.39. The second kappa shape index (κ2) is 6.65. The van der Waals surface area contributed by atoms with Crippen LogP contribution in [0.1, 0.15) is 48.9 Å². The van der Waals surface area contributed by atoms with Crippen LogP contribution in [0.25, 0.3) is 0 Å². The SMILES string of the molecule is CNC(=O)c1ccccc1NC(=S)NC(=O)C12CC3CC(CC(C3)C1)C2. The van der Waals surface area contributed by atoms with Gasteiger partial charge in [-0.15, -0.1) is 0 Å². The van der Waals surface area contributed by atoms with Crippen LogP contribution in [0.3, 0.4) is 0 Å². The van der Waals surface area contributed by atoms with Crippen molar-refractivity contribution in [3.63, 3.8) is 0 Å². The summed E-state index contributed by atoms with van der Waals surface area (Å²) in [5.41, 5.74) is 0.866. The summed E-state index contributed by atoms with van der Waals surface area (Å²) in [6, 6.07) is 7.14. The fourth-order valence-corrected chi connectivity index (χ4v) is 5.91. The topological polar surface area (TPSA) is 70.2 Å². The van der Waals surface area contributed by atoms with Crippen molar-refractivity contribution in [2.75, 3.05) is 12.4 Å². The Morgan fingerprint density at radius 2 is 1.62 bits per heavy atom. The van der Waals surface area contributed by atoms with Gasteiger partial charge in [0.2, 0.25) is 5.91 Å². The Labute approximate surface area is 159 Å². The van der Waals surface area contributed by atoms with Crippen molar-refractivity contribution < 1.29 is 9.59 Å². The molecule has 4 bridgehead atoms. The van der Waals surface area contributed by atoms with E-state index in [1.807, 2.05) is 6.07 Å². The van der Waals surface area contributed by atoms with Crippen LogP contribution in [0.5, 0.6) is 0 Å². The predicted molar refractivity (Wildman–Crippen MR) is 105 cm³/mol. The van der Waals surface area contributed by atoms with Gasteiger partial charge < -0.3 is 16.0 Å². The van der Waals surface area contributed by atoms with E-state index in [1.54, 1.807) is 25.2 Å². The van der Waals surface area contributed by atoms with Crippen LogP contribution in [0, 0.1) is 23.2 Å². The lowest BCUT2D eigenvalue weighted by Gasteiger charge is -2.55. The summed E-state index contributed by atoms with van der Waals surface area (Å²) in [5.74, 6) is 2.00. The van der Waals surface area contributed by atoms with E-state index in [0.717, 1.165) is 19.3 Å². The molecule has 0 aromatic heterocycles. The van der Waals surface area contributed by atoms with Crippen LogP contribution < -0.4 is 16.0 Å². The predicted octanol–water partition coefficient (Wildman–Crippen LogP) is 3.08. The third-order valence-corrected chi connectivity index (χ3v) is 6.60. The zero-order valence-corrected chi connectivity index (χ0v) is 15.8. The normalized spacial score (nSPS) is 31.3. The van der Waals surface area contributed by atoms with Crippen LogP contribution >= 0.6 is 12.2 Å². The standard InChI is InChI=1S/C20H25N3O2S/c1-21-17(24)15-4-2-3-5-16(15)22-19(26)23-18(25)20-9-12-6-13(10-20)8-14(7-12)11-20/h2-5,12-14H,6-11H2,1H3,(H,21,24)(H2,22,23,25,26). The molecule has 5 rings (SSSR count). The molecule has 3 N–H and O–H groups in total. The Balaban J connectivity index is 1.44. The lowest BCUT2D eigenvalue weighted by Crippen LogP contribution is -2.55. The number of thiocarbonyl (C=S) groups is 1. The van der Waals surface area contributed by atoms with E-state index in [9.17, 15) is 9.59 Å². The molecule has 26 heavy (non-hydrogen) atoms. The highest BCUT2D eigenvalue weighted by atomic mass is 32.1. The maximum Gasteiger partial charge on any atom is 0.253 e. The molecule has 1 aromatic rings. The smallest absolute Gasteiger partial charge is 0.253 e. The Kier molecular flexibility index (Phi) is 4.47. The Hall–Kier alpha value is -1.95. The number of anilines is 1. The van der Waals surface area contributed by atoms with Gasteiger partial charge in [0.25, 0.3) is 5.91 Å². The molecule has 0 saturated heterocycles. The molecule has 4 aliphatic rings. The van der Waals surface area contributed by atoms with Gasteiger partial charge in [0.15, 0.2) is 5.11 Å². The van der Waals surface area contributed by atoms with E-state index < -0.39 is 0 Å². The fraction of sp³-hybridized carbons (Fsp3) is 0.550. The maximum absolute atomic E-state index is 13.1. The zero-order valence-electron chi connectivity index (χ0n) is 15.0. The Morgan fingerprint density at radius 3 is 2.19 bits per heavy atom. The van der Waals surface area contributed by atoms with Gasteiger partial charge >= 0.3 is 0 Å². The van der Waals surface area contributed by atoms with Gasteiger partial charge in [-0.3, -0.25) is 9.59 Å². The first-order valence-corrected chi connectivity index (χ1v) is 9.83. The minimum absolute atomic E-state index is 0.0616. The van der Waals surface area contributed by atoms with Crippen molar-refractivity contribution in [3.05, 3.63) is 29.8 Å². The minimum atomic E-state index is -0.235. The molecule has 1 aromatic carbocycles. The van der Waals surface area contributed by atoms with Crippen molar-refractivity contribution in [1.82, 2.24) is 10.6 Å². The summed E-state index contributed by atoms with van der Waals surface area (Å²) >= 11 is 5.37. The molecule has 0 aliphatic heterocycles. The molecule has 0 radical (unpaired) electrons. The average molecular weight is 372 g/mol. The molecule has 0 atom stereocenters. The zero-order chi connectivity index (χ0) is 18.3. The quantitative estimate of drug-likeness (QED) is 0.714. The largest absolute Gasteiger partial charge is 0.355 e. The van der Waals surface area contributed by atoms with E-state index >= 15 is 0 Å². The molecule has 5 nitrogen and oxygen atoms in total. The van der Waals surface area contributed by atoms with Gasteiger partial charge in [0.1, 0.15) is 0 Å². The molecule has 2 amide bonds. The summed E-state index contributed by atoms with van der Waals surface area (Å²) in [5, 5.41) is 8.83. The van der Waals surface area contributed by atoms with E-state index in [1.165, 1.54) is 19.3 Å². The first kappa shape index (κ1) is 17.5. The highest BCUT2D eigenvalue weighted by Crippen LogP contribution is 2.60. The Bertz CT molecular complexity index is 726. The first-order valence-electron chi connectivity index (χ1n) is 9.42. The molecule has 0 heterocycles. The number of hydrogen-bond donors (Lipinski definition) is 3. The van der Waals surface area contributed by atoms with Crippen molar-refractivity contribution in [1.29, 1.82) is 0 Å². The number of carbonyl (C=O) groups excluding carboxylic acids is 2. The number of benzene rings is 1. The molecule has 4 fully saturated rings. The number of nitrogens with one attached hydrogen (secondary N) is 3. The van der Waals surface area contributed by atoms with Gasteiger partial charge in [-0.1, -0.05) is 12.1 Å². The number of para-hydroxylation sites is 1. The Morgan fingerprint density at radius 1 is 1.04 bits per heavy atom. The van der Waals surface area contributed by atoms with E-state index in [0.29, 0.717) is 29.0 Å². The first-order chi connectivity index (χ1) is 12.5. The highest BCUT2D eigenvalue weighted by molar-refractivity contribution is 7.80. The minimum Gasteiger partial charge on any atom is -0.355 e. The van der Waals surface area contributed by atoms with E-state index in [-0.39, 0.29) is 22.3 Å². The molecule has 0 unspecified atom stereocenters. The van der Waals surface area contributed by atoms with Gasteiger partial charge in [0.05, 0.1) is 16.7 Å². The number of hydrogen-bond acceptors (Lipinski definition) is 3. The van der Waals surface area contributed by atoms with Gasteiger partial charge in [-0.25, -0.2) is 0 Å². The lowest BCUT2D eigenvalue weighted by atomic mass is 9.49. The van der Waals surface area contributed by atoms with Crippen LogP contribution in [0.15, 0.2) is 24.3 Å². The number of carbonyl (C=O) groups is 2. The summed E-state index contributed by atoms with van der Waals surface area (Å²) in [6.07, 6.45) is 6.91. The number of rotatable bonds is 3. The van der Waals surface area contributed by atoms with E-state index in [2.05, 4.69) is 16.0 Å². The average Bonchev–Trinajstić information content (AvgIpc) is 2.60. The van der Waals surface area contributed by atoms with Crippen molar-refractivity contribution in [2.45, 2.75) is 38.5 Å². The van der Waals surface area contributed by atoms with E-state index in [4.69, 9.17) is 12.2 Å². The second-order valence-corrected chi connectivity index (χ2v) is 8.64. The van der Waals surface area contributed by atoms with Crippen LogP contribution in [-0.4, -0.2) is 24.0 Å². The summed E-state index contributed by atoms with van der Waals surface area (Å²) < 4.78 is 0. The van der Waals surface area contributed by atoms with Gasteiger partial charge in [-0.05, 0) is 80.6 Å². The summed E-state index contributed by atoms with van der Waals surface area (Å²) in [4.78, 5) is 25.0. The number of amides is 2. The van der Waals surface area contributed by atoms with Crippen LogP contribution in [-0.2, 0) is 4.79 Å². The van der Waals surface area contributed by atoms with Crippen LogP contribution in [0.2, 0.25) is 0 Å². The summed E-state index contributed by atoms with van der Waals surface area (Å²) in [7, 11) is 1.59. The fourth-order valence-electron chi connectivity index (χ4n) is 5.70. The monoisotopic (exact) mass is 371 g/mol.